The average Bonchev–Trinajstić information content (AvgIpc) is 3.13. The number of amidine groups is 1. The van der Waals surface area contributed by atoms with Crippen LogP contribution in [0.25, 0.3) is 11.2 Å². The van der Waals surface area contributed by atoms with E-state index in [1.165, 1.54) is 12.4 Å². The Morgan fingerprint density at radius 1 is 1.07 bits per heavy atom. The van der Waals surface area contributed by atoms with Crippen LogP contribution in [0.15, 0.2) is 60.1 Å². The zero-order valence-electron chi connectivity index (χ0n) is 15.1. The van der Waals surface area contributed by atoms with Crippen molar-refractivity contribution in [2.45, 2.75) is 13.1 Å². The minimum Gasteiger partial charge on any atom is -0.382 e. The second-order valence-electron chi connectivity index (χ2n) is 6.61. The fraction of sp³-hybridized carbons (Fsp3) is 0.100. The van der Waals surface area contributed by atoms with E-state index in [1.54, 1.807) is 24.5 Å². The lowest BCUT2D eigenvalue weighted by Gasteiger charge is -2.31. The van der Waals surface area contributed by atoms with Gasteiger partial charge in [-0.3, -0.25) is 0 Å². The van der Waals surface area contributed by atoms with Crippen molar-refractivity contribution in [3.05, 3.63) is 71.5 Å². The minimum atomic E-state index is -0.295. The number of nitrogens with zero attached hydrogens (tertiary/aromatic N) is 6. The van der Waals surface area contributed by atoms with Crippen LogP contribution in [0.1, 0.15) is 5.56 Å². The highest BCUT2D eigenvalue weighted by Crippen LogP contribution is 2.35. The highest BCUT2D eigenvalue weighted by molar-refractivity contribution is 6.34. The molecule has 0 unspecified atom stereocenters. The fourth-order valence-electron chi connectivity index (χ4n) is 3.44. The van der Waals surface area contributed by atoms with E-state index < -0.39 is 0 Å². The summed E-state index contributed by atoms with van der Waals surface area (Å²) in [6.07, 6.45) is 3.04. The van der Waals surface area contributed by atoms with Gasteiger partial charge in [0, 0.05) is 5.56 Å². The molecule has 144 valence electrons. The summed E-state index contributed by atoms with van der Waals surface area (Å²) in [5, 5.41) is 0.557. The summed E-state index contributed by atoms with van der Waals surface area (Å²) >= 11 is 6.44. The molecule has 4 aromatic rings. The van der Waals surface area contributed by atoms with Crippen molar-refractivity contribution in [3.8, 4) is 0 Å². The summed E-state index contributed by atoms with van der Waals surface area (Å²) in [5.41, 5.74) is 8.90. The predicted molar refractivity (Wildman–Crippen MR) is 111 cm³/mol. The smallest absolute Gasteiger partial charge is 0.165 e. The maximum atomic E-state index is 14.4. The van der Waals surface area contributed by atoms with E-state index in [0.29, 0.717) is 52.2 Å². The van der Waals surface area contributed by atoms with Crippen molar-refractivity contribution in [2.24, 2.45) is 4.99 Å². The van der Waals surface area contributed by atoms with E-state index in [4.69, 9.17) is 22.3 Å². The Bertz CT molecular complexity index is 1270. The second-order valence-corrected chi connectivity index (χ2v) is 7.01. The largest absolute Gasteiger partial charge is 0.382 e. The van der Waals surface area contributed by atoms with E-state index >= 15 is 0 Å². The molecule has 0 aliphatic carbocycles. The van der Waals surface area contributed by atoms with Gasteiger partial charge in [-0.1, -0.05) is 29.8 Å². The first-order valence-electron chi connectivity index (χ1n) is 8.90. The van der Waals surface area contributed by atoms with Crippen LogP contribution in [0.2, 0.25) is 5.02 Å². The van der Waals surface area contributed by atoms with Crippen LogP contribution >= 0.6 is 11.6 Å². The van der Waals surface area contributed by atoms with Crippen molar-refractivity contribution in [1.29, 1.82) is 0 Å². The zero-order chi connectivity index (χ0) is 20.0. The van der Waals surface area contributed by atoms with E-state index in [9.17, 15) is 4.39 Å². The highest BCUT2D eigenvalue weighted by atomic mass is 35.5. The van der Waals surface area contributed by atoms with Crippen LogP contribution in [0.3, 0.4) is 0 Å². The lowest BCUT2D eigenvalue weighted by Crippen LogP contribution is -2.36. The van der Waals surface area contributed by atoms with Gasteiger partial charge >= 0.3 is 0 Å². The van der Waals surface area contributed by atoms with Gasteiger partial charge in [-0.25, -0.2) is 24.3 Å². The number of benzene rings is 2. The zero-order valence-corrected chi connectivity index (χ0v) is 15.9. The molecule has 2 N–H and O–H groups in total. The number of rotatable bonds is 3. The summed E-state index contributed by atoms with van der Waals surface area (Å²) < 4.78 is 16.3. The van der Waals surface area contributed by atoms with Gasteiger partial charge in [0.05, 0.1) is 35.8 Å². The third kappa shape index (κ3) is 2.98. The number of halogens is 2. The third-order valence-electron chi connectivity index (χ3n) is 4.86. The standard InChI is InChI=1S/C20H15ClFN7/c21-13-4-1-2-7-16(13)29-8-12-14(22)5-3-6-15(12)27-17(29)9-28-11-26-18-19(23)24-10-25-20(18)28/h1-7,10-11H,8-9H2,(H2,23,24,25). The van der Waals surface area contributed by atoms with Crippen molar-refractivity contribution >= 4 is 45.8 Å². The maximum absolute atomic E-state index is 14.4. The Kier molecular flexibility index (Phi) is 4.13. The van der Waals surface area contributed by atoms with E-state index in [0.717, 1.165) is 5.69 Å². The number of nitrogen functional groups attached to an aromatic ring is 1. The van der Waals surface area contributed by atoms with Crippen molar-refractivity contribution < 1.29 is 4.39 Å². The molecule has 1 aliphatic heterocycles. The number of aliphatic imine (C=N–C) groups is 1. The molecular formula is C20H15ClFN7. The van der Waals surface area contributed by atoms with Gasteiger partial charge in [0.25, 0.3) is 0 Å². The van der Waals surface area contributed by atoms with E-state index in [2.05, 4.69) is 15.0 Å². The van der Waals surface area contributed by atoms with Crippen LogP contribution in [0, 0.1) is 5.82 Å². The van der Waals surface area contributed by atoms with E-state index in [-0.39, 0.29) is 5.82 Å². The van der Waals surface area contributed by atoms with Crippen molar-refractivity contribution in [3.63, 3.8) is 0 Å². The summed E-state index contributed by atoms with van der Waals surface area (Å²) in [7, 11) is 0. The second kappa shape index (κ2) is 6.82. The lowest BCUT2D eigenvalue weighted by molar-refractivity contribution is 0.608. The Morgan fingerprint density at radius 3 is 2.79 bits per heavy atom. The molecule has 1 aliphatic rings. The predicted octanol–water partition coefficient (Wildman–Crippen LogP) is 3.95. The average molecular weight is 408 g/mol. The monoisotopic (exact) mass is 407 g/mol. The molecule has 0 bridgehead atoms. The number of hydrogen-bond donors (Lipinski definition) is 1. The molecule has 0 saturated carbocycles. The van der Waals surface area contributed by atoms with Crippen LogP contribution in [-0.2, 0) is 13.1 Å². The maximum Gasteiger partial charge on any atom is 0.165 e. The normalized spacial score (nSPS) is 13.4. The molecule has 0 radical (unpaired) electrons. The molecule has 5 rings (SSSR count). The first-order chi connectivity index (χ1) is 14.1. The number of anilines is 2. The number of nitrogens with two attached hydrogens (primary N) is 1. The summed E-state index contributed by atoms with van der Waals surface area (Å²) in [5.74, 6) is 0.707. The SMILES string of the molecule is Nc1ncnc2c1ncn2CC1=Nc2cccc(F)c2CN1c1ccccc1Cl. The Morgan fingerprint density at radius 2 is 1.93 bits per heavy atom. The molecule has 0 fully saturated rings. The first-order valence-corrected chi connectivity index (χ1v) is 9.28. The first kappa shape index (κ1) is 17.6. The van der Waals surface area contributed by atoms with Gasteiger partial charge in [0.2, 0.25) is 0 Å². The molecule has 9 heteroatoms. The number of aromatic nitrogens is 4. The summed E-state index contributed by atoms with van der Waals surface area (Å²) in [6, 6.07) is 12.3. The Balaban J connectivity index is 1.64. The number of imidazole rings is 1. The van der Waals surface area contributed by atoms with E-state index in [1.807, 2.05) is 27.7 Å². The molecule has 0 saturated heterocycles. The fourth-order valence-corrected chi connectivity index (χ4v) is 3.68. The quantitative estimate of drug-likeness (QED) is 0.555. The summed E-state index contributed by atoms with van der Waals surface area (Å²) in [6.45, 7) is 0.669. The van der Waals surface area contributed by atoms with Crippen LogP contribution < -0.4 is 10.6 Å². The molecule has 2 aromatic heterocycles. The minimum absolute atomic E-state index is 0.295. The number of para-hydroxylation sites is 1. The van der Waals surface area contributed by atoms with Crippen LogP contribution in [0.5, 0.6) is 0 Å². The number of fused-ring (bicyclic) bond motifs is 2. The van der Waals surface area contributed by atoms with Crippen molar-refractivity contribution in [2.75, 3.05) is 10.6 Å². The van der Waals surface area contributed by atoms with Gasteiger partial charge in [-0.05, 0) is 24.3 Å². The molecule has 2 aromatic carbocycles. The van der Waals surface area contributed by atoms with Gasteiger partial charge in [0.1, 0.15) is 23.5 Å². The Labute approximate surface area is 170 Å². The lowest BCUT2D eigenvalue weighted by atomic mass is 10.1. The van der Waals surface area contributed by atoms with Crippen LogP contribution in [-0.4, -0.2) is 25.4 Å². The molecule has 29 heavy (non-hydrogen) atoms. The summed E-state index contributed by atoms with van der Waals surface area (Å²) in [4.78, 5) is 19.2. The molecule has 3 heterocycles. The molecule has 0 amide bonds. The number of hydrogen-bond acceptors (Lipinski definition) is 6. The van der Waals surface area contributed by atoms with Gasteiger partial charge in [0.15, 0.2) is 11.5 Å². The molecular weight excluding hydrogens is 393 g/mol. The molecule has 0 atom stereocenters. The van der Waals surface area contributed by atoms with Gasteiger partial charge in [-0.15, -0.1) is 0 Å². The van der Waals surface area contributed by atoms with Crippen molar-refractivity contribution in [1.82, 2.24) is 19.5 Å². The third-order valence-corrected chi connectivity index (χ3v) is 5.18. The highest BCUT2D eigenvalue weighted by Gasteiger charge is 2.25. The van der Waals surface area contributed by atoms with Gasteiger partial charge in [-0.2, -0.15) is 0 Å². The molecule has 7 nitrogen and oxygen atoms in total. The molecule has 0 spiro atoms. The van der Waals surface area contributed by atoms with Crippen LogP contribution in [0.4, 0.5) is 21.6 Å². The Hall–Kier alpha value is -3.52. The topological polar surface area (TPSA) is 85.2 Å². The van der Waals surface area contributed by atoms with Gasteiger partial charge < -0.3 is 15.2 Å².